The molecule has 0 aliphatic rings. The zero-order chi connectivity index (χ0) is 9.99. The first-order chi connectivity index (χ1) is 5.19. The lowest BCUT2D eigenvalue weighted by atomic mass is 10.1. The van der Waals surface area contributed by atoms with Gasteiger partial charge in [-0.1, -0.05) is 5.92 Å². The Morgan fingerprint density at radius 2 is 1.83 bits per heavy atom. The van der Waals surface area contributed by atoms with Crippen molar-refractivity contribution in [3.8, 4) is 12.3 Å². The molecule has 68 valence electrons. The second-order valence-electron chi connectivity index (χ2n) is 3.85. The molecule has 0 rings (SSSR count). The topological polar surface area (TPSA) is 52.3 Å². The number of ether oxygens (including phenoxy) is 1. The molecule has 0 bridgehead atoms. The highest BCUT2D eigenvalue weighted by Gasteiger charge is 2.30. The molecule has 0 amide bonds. The third-order valence-electron chi connectivity index (χ3n) is 1.12. The molecule has 3 heteroatoms. The lowest BCUT2D eigenvalue weighted by Gasteiger charge is -2.24. The van der Waals surface area contributed by atoms with Gasteiger partial charge in [0.25, 0.3) is 0 Å². The summed E-state index contributed by atoms with van der Waals surface area (Å²) in [7, 11) is 0. The SMILES string of the molecule is C#C[C@@](C)(N)C(=O)OC(C)(C)C. The highest BCUT2D eigenvalue weighted by atomic mass is 16.6. The molecule has 2 N–H and O–H groups in total. The van der Waals surface area contributed by atoms with Crippen LogP contribution in [0.4, 0.5) is 0 Å². The molecule has 0 heterocycles. The number of hydrogen-bond acceptors (Lipinski definition) is 3. The first-order valence-corrected chi connectivity index (χ1v) is 3.69. The Labute approximate surface area is 73.3 Å². The maximum absolute atomic E-state index is 11.2. The van der Waals surface area contributed by atoms with Crippen molar-refractivity contribution in [3.05, 3.63) is 0 Å². The van der Waals surface area contributed by atoms with Crippen LogP contribution in [0, 0.1) is 12.3 Å². The van der Waals surface area contributed by atoms with Crippen molar-refractivity contribution in [2.75, 3.05) is 0 Å². The Morgan fingerprint density at radius 3 is 2.08 bits per heavy atom. The van der Waals surface area contributed by atoms with Crippen LogP contribution < -0.4 is 5.73 Å². The van der Waals surface area contributed by atoms with Gasteiger partial charge in [-0.3, -0.25) is 0 Å². The number of carbonyl (C=O) groups excluding carboxylic acids is 1. The number of rotatable bonds is 1. The number of carbonyl (C=O) groups is 1. The second-order valence-corrected chi connectivity index (χ2v) is 3.85. The van der Waals surface area contributed by atoms with Crippen molar-refractivity contribution in [2.45, 2.75) is 38.8 Å². The fourth-order valence-electron chi connectivity index (χ4n) is 0.443. The van der Waals surface area contributed by atoms with E-state index in [-0.39, 0.29) is 0 Å². The van der Waals surface area contributed by atoms with Crippen molar-refractivity contribution in [2.24, 2.45) is 5.73 Å². The van der Waals surface area contributed by atoms with Gasteiger partial charge in [-0.25, -0.2) is 4.79 Å². The van der Waals surface area contributed by atoms with Crippen LogP contribution in [0.5, 0.6) is 0 Å². The third kappa shape index (κ3) is 3.40. The van der Waals surface area contributed by atoms with Gasteiger partial charge in [-0.15, -0.1) is 6.42 Å². The lowest BCUT2D eigenvalue weighted by molar-refractivity contribution is -0.158. The van der Waals surface area contributed by atoms with E-state index in [0.717, 1.165) is 0 Å². The zero-order valence-corrected chi connectivity index (χ0v) is 7.97. The van der Waals surface area contributed by atoms with E-state index in [2.05, 4.69) is 5.92 Å². The minimum atomic E-state index is -1.33. The van der Waals surface area contributed by atoms with E-state index in [1.165, 1.54) is 6.92 Å². The van der Waals surface area contributed by atoms with Crippen molar-refractivity contribution < 1.29 is 9.53 Å². The van der Waals surface area contributed by atoms with E-state index in [9.17, 15) is 4.79 Å². The van der Waals surface area contributed by atoms with E-state index in [1.54, 1.807) is 20.8 Å². The number of esters is 1. The van der Waals surface area contributed by atoms with Crippen molar-refractivity contribution >= 4 is 5.97 Å². The average Bonchev–Trinajstić information content (AvgIpc) is 1.84. The first-order valence-electron chi connectivity index (χ1n) is 3.69. The van der Waals surface area contributed by atoms with Crippen LogP contribution in [0.3, 0.4) is 0 Å². The molecule has 0 fully saturated rings. The first kappa shape index (κ1) is 11.0. The second kappa shape index (κ2) is 3.16. The van der Waals surface area contributed by atoms with Gasteiger partial charge < -0.3 is 10.5 Å². The predicted octanol–water partition coefficient (Wildman–Crippen LogP) is 0.679. The molecule has 12 heavy (non-hydrogen) atoms. The largest absolute Gasteiger partial charge is 0.458 e. The highest BCUT2D eigenvalue weighted by molar-refractivity contribution is 5.84. The summed E-state index contributed by atoms with van der Waals surface area (Å²) < 4.78 is 4.99. The molecule has 0 aliphatic heterocycles. The predicted molar refractivity (Wildman–Crippen MR) is 47.3 cm³/mol. The van der Waals surface area contributed by atoms with E-state index >= 15 is 0 Å². The highest BCUT2D eigenvalue weighted by Crippen LogP contribution is 2.11. The van der Waals surface area contributed by atoms with Crippen molar-refractivity contribution in [1.29, 1.82) is 0 Å². The number of hydrogen-bond donors (Lipinski definition) is 1. The van der Waals surface area contributed by atoms with Gasteiger partial charge in [0.2, 0.25) is 0 Å². The van der Waals surface area contributed by atoms with E-state index < -0.39 is 17.1 Å². The van der Waals surface area contributed by atoms with E-state index in [1.807, 2.05) is 0 Å². The summed E-state index contributed by atoms with van der Waals surface area (Å²) in [4.78, 5) is 11.2. The maximum atomic E-state index is 11.2. The quantitative estimate of drug-likeness (QED) is 0.464. The molecule has 0 radical (unpaired) electrons. The molecule has 0 saturated carbocycles. The summed E-state index contributed by atoms with van der Waals surface area (Å²) in [5.74, 6) is 1.60. The van der Waals surface area contributed by atoms with Gasteiger partial charge in [-0.05, 0) is 27.7 Å². The van der Waals surface area contributed by atoms with Crippen molar-refractivity contribution in [1.82, 2.24) is 0 Å². The van der Waals surface area contributed by atoms with Gasteiger partial charge in [0.15, 0.2) is 5.54 Å². The molecule has 0 aromatic rings. The normalized spacial score (nSPS) is 16.0. The van der Waals surface area contributed by atoms with Crippen LogP contribution in [0.2, 0.25) is 0 Å². The Bertz CT molecular complexity index is 218. The molecule has 0 spiro atoms. The molecular weight excluding hydrogens is 154 g/mol. The Kier molecular flexibility index (Phi) is 2.89. The monoisotopic (exact) mass is 169 g/mol. The zero-order valence-electron chi connectivity index (χ0n) is 7.97. The van der Waals surface area contributed by atoms with Gasteiger partial charge in [0, 0.05) is 0 Å². The fourth-order valence-corrected chi connectivity index (χ4v) is 0.443. The van der Waals surface area contributed by atoms with Crippen molar-refractivity contribution in [3.63, 3.8) is 0 Å². The molecule has 3 nitrogen and oxygen atoms in total. The molecule has 0 unspecified atom stereocenters. The van der Waals surface area contributed by atoms with Crippen LogP contribution in [0.25, 0.3) is 0 Å². The molecule has 0 saturated heterocycles. The summed E-state index contributed by atoms with van der Waals surface area (Å²) in [6, 6.07) is 0. The van der Waals surface area contributed by atoms with E-state index in [0.29, 0.717) is 0 Å². The Hall–Kier alpha value is -1.01. The van der Waals surface area contributed by atoms with Crippen LogP contribution in [0.15, 0.2) is 0 Å². The fraction of sp³-hybridized carbons (Fsp3) is 0.667. The summed E-state index contributed by atoms with van der Waals surface area (Å²) in [5, 5.41) is 0. The summed E-state index contributed by atoms with van der Waals surface area (Å²) >= 11 is 0. The Morgan fingerprint density at radius 1 is 1.42 bits per heavy atom. The molecule has 0 aromatic heterocycles. The average molecular weight is 169 g/mol. The number of terminal acetylenes is 1. The molecular formula is C9H15NO2. The summed E-state index contributed by atoms with van der Waals surface area (Å²) in [6.45, 7) is 6.73. The standard InChI is InChI=1S/C9H15NO2/c1-6-9(5,10)7(11)12-8(2,3)4/h1H,10H2,2-5H3/t9-/m1/s1. The Balaban J connectivity index is 4.37. The summed E-state index contributed by atoms with van der Waals surface area (Å²) in [5.41, 5.74) is 3.58. The van der Waals surface area contributed by atoms with Crippen LogP contribution in [-0.4, -0.2) is 17.1 Å². The van der Waals surface area contributed by atoms with E-state index in [4.69, 9.17) is 16.9 Å². The minimum absolute atomic E-state index is 0.547. The van der Waals surface area contributed by atoms with Gasteiger partial charge in [0.1, 0.15) is 5.60 Å². The van der Waals surface area contributed by atoms with Crippen LogP contribution >= 0.6 is 0 Å². The smallest absolute Gasteiger partial charge is 0.338 e. The van der Waals surface area contributed by atoms with Crippen LogP contribution in [0.1, 0.15) is 27.7 Å². The van der Waals surface area contributed by atoms with Gasteiger partial charge >= 0.3 is 5.97 Å². The van der Waals surface area contributed by atoms with Crippen LogP contribution in [-0.2, 0) is 9.53 Å². The van der Waals surface area contributed by atoms with Gasteiger partial charge in [0.05, 0.1) is 0 Å². The third-order valence-corrected chi connectivity index (χ3v) is 1.12. The summed E-state index contributed by atoms with van der Waals surface area (Å²) in [6.07, 6.45) is 5.05. The minimum Gasteiger partial charge on any atom is -0.458 e. The molecule has 0 aliphatic carbocycles. The van der Waals surface area contributed by atoms with Gasteiger partial charge in [-0.2, -0.15) is 0 Å². The maximum Gasteiger partial charge on any atom is 0.338 e. The molecule has 0 aromatic carbocycles. The lowest BCUT2D eigenvalue weighted by Crippen LogP contribution is -2.47. The number of nitrogens with two attached hydrogens (primary N) is 1. The molecule has 1 atom stereocenters.